The number of nitrogens with zero attached hydrogens (tertiary/aromatic N) is 4. The minimum absolute atomic E-state index is 0.00516. The van der Waals surface area contributed by atoms with Crippen LogP contribution in [-0.2, 0) is 4.74 Å². The highest BCUT2D eigenvalue weighted by atomic mass is 19.4. The predicted octanol–water partition coefficient (Wildman–Crippen LogP) is 7.11. The van der Waals surface area contributed by atoms with E-state index in [2.05, 4.69) is 13.8 Å². The van der Waals surface area contributed by atoms with Crippen molar-refractivity contribution in [3.05, 3.63) is 28.7 Å². The summed E-state index contributed by atoms with van der Waals surface area (Å²) in [6, 6.07) is 1.95. The van der Waals surface area contributed by atoms with Crippen LogP contribution in [0.5, 0.6) is 0 Å². The lowest BCUT2D eigenvalue weighted by Crippen LogP contribution is -2.42. The fraction of sp³-hybridized carbons (Fsp3) is 0.741. The first kappa shape index (κ1) is 26.7. The van der Waals surface area contributed by atoms with E-state index in [4.69, 9.17) is 14.8 Å². The Hall–Kier alpha value is -2.32. The zero-order valence-electron chi connectivity index (χ0n) is 22.3. The highest BCUT2D eigenvalue weighted by molar-refractivity contribution is 5.68. The van der Waals surface area contributed by atoms with Crippen LogP contribution in [0.4, 0.5) is 18.0 Å². The fourth-order valence-corrected chi connectivity index (χ4v) is 5.89. The molecule has 1 unspecified atom stereocenters. The Morgan fingerprint density at radius 2 is 1.75 bits per heavy atom. The van der Waals surface area contributed by atoms with Gasteiger partial charge in [-0.05, 0) is 77.7 Å². The van der Waals surface area contributed by atoms with Crippen LogP contribution < -0.4 is 0 Å². The molecule has 0 N–H and O–H groups in total. The number of carbonyl (C=O) groups excluding carboxylic acids is 1. The van der Waals surface area contributed by atoms with Gasteiger partial charge in [-0.15, -0.1) is 0 Å². The molecule has 0 spiro atoms. The van der Waals surface area contributed by atoms with Crippen molar-refractivity contribution in [1.82, 2.24) is 19.5 Å². The largest absolute Gasteiger partial charge is 0.444 e. The van der Waals surface area contributed by atoms with Crippen molar-refractivity contribution in [3.8, 4) is 0 Å². The Balaban J connectivity index is 1.67. The average molecular weight is 509 g/mol. The topological polar surface area (TPSA) is 59.7 Å². The molecule has 1 aliphatic heterocycles. The van der Waals surface area contributed by atoms with E-state index >= 15 is 0 Å². The summed E-state index contributed by atoms with van der Waals surface area (Å²) in [5, 5.41) is 4.95. The molecule has 3 heterocycles. The van der Waals surface area contributed by atoms with Crippen LogP contribution in [0.1, 0.15) is 114 Å². The summed E-state index contributed by atoms with van der Waals surface area (Å²) >= 11 is 0. The van der Waals surface area contributed by atoms with Gasteiger partial charge in [0.25, 0.3) is 0 Å². The predicted molar refractivity (Wildman–Crippen MR) is 132 cm³/mol. The lowest BCUT2D eigenvalue weighted by atomic mass is 9.80. The second-order valence-corrected chi connectivity index (χ2v) is 11.8. The molecular weight excluding hydrogens is 469 g/mol. The van der Waals surface area contributed by atoms with Gasteiger partial charge in [0.05, 0.1) is 17.3 Å². The molecule has 0 bridgehead atoms. The summed E-state index contributed by atoms with van der Waals surface area (Å²) < 4.78 is 47.1. The molecule has 1 saturated carbocycles. The normalized spacial score (nSPS) is 23.9. The van der Waals surface area contributed by atoms with E-state index in [1.54, 1.807) is 4.90 Å². The van der Waals surface area contributed by atoms with Crippen LogP contribution in [0, 0.1) is 12.8 Å². The molecule has 2 aromatic rings. The lowest BCUT2D eigenvalue weighted by Gasteiger charge is -2.35. The van der Waals surface area contributed by atoms with Crippen molar-refractivity contribution in [2.75, 3.05) is 13.1 Å². The summed E-state index contributed by atoms with van der Waals surface area (Å²) in [7, 11) is 0. The first-order valence-corrected chi connectivity index (χ1v) is 13.2. The van der Waals surface area contributed by atoms with Gasteiger partial charge in [0.15, 0.2) is 5.65 Å². The van der Waals surface area contributed by atoms with Crippen LogP contribution in [0.25, 0.3) is 5.65 Å². The zero-order valence-corrected chi connectivity index (χ0v) is 22.3. The van der Waals surface area contributed by atoms with Crippen molar-refractivity contribution in [2.45, 2.75) is 110 Å². The molecule has 2 fully saturated rings. The molecule has 1 saturated heterocycles. The van der Waals surface area contributed by atoms with E-state index in [0.717, 1.165) is 41.1 Å². The zero-order chi connectivity index (χ0) is 26.4. The third-order valence-electron chi connectivity index (χ3n) is 7.53. The van der Waals surface area contributed by atoms with Gasteiger partial charge in [-0.2, -0.15) is 18.3 Å². The van der Waals surface area contributed by atoms with E-state index in [-0.39, 0.29) is 36.7 Å². The molecule has 4 rings (SSSR count). The average Bonchev–Trinajstić information content (AvgIpc) is 3.20. The second-order valence-electron chi connectivity index (χ2n) is 11.8. The third kappa shape index (κ3) is 5.65. The van der Waals surface area contributed by atoms with Crippen LogP contribution in [0.3, 0.4) is 0 Å². The highest BCUT2D eigenvalue weighted by Gasteiger charge is 2.42. The molecule has 200 valence electrons. The standard InChI is InChI=1S/C27H39F3N4O2/c1-16(2)23-17(3)31-22-14-21(18-9-11-20(12-10-18)27(28,29)30)32-34(22)24(23)19-8-7-13-33(15-19)25(35)36-26(4,5)6/h14,16,18-20H,7-13,15H2,1-6H3. The van der Waals surface area contributed by atoms with E-state index in [0.29, 0.717) is 25.9 Å². The van der Waals surface area contributed by atoms with Crippen molar-refractivity contribution in [2.24, 2.45) is 5.92 Å². The number of rotatable bonds is 3. The van der Waals surface area contributed by atoms with Gasteiger partial charge in [-0.25, -0.2) is 14.3 Å². The molecule has 1 aliphatic carbocycles. The number of piperidine rings is 1. The quantitative estimate of drug-likeness (QED) is 0.443. The van der Waals surface area contributed by atoms with Gasteiger partial charge < -0.3 is 9.64 Å². The maximum absolute atomic E-state index is 13.2. The van der Waals surface area contributed by atoms with E-state index in [1.807, 2.05) is 38.3 Å². The SMILES string of the molecule is Cc1nc2cc(C3CCC(C(F)(F)F)CC3)nn2c(C2CCCN(C(=O)OC(C)(C)C)C2)c1C(C)C. The smallest absolute Gasteiger partial charge is 0.410 e. The van der Waals surface area contributed by atoms with E-state index in [1.165, 1.54) is 0 Å². The van der Waals surface area contributed by atoms with Crippen LogP contribution >= 0.6 is 0 Å². The van der Waals surface area contributed by atoms with E-state index in [9.17, 15) is 18.0 Å². The van der Waals surface area contributed by atoms with Crippen molar-refractivity contribution in [1.29, 1.82) is 0 Å². The fourth-order valence-electron chi connectivity index (χ4n) is 5.89. The van der Waals surface area contributed by atoms with Gasteiger partial charge in [0.2, 0.25) is 0 Å². The number of ether oxygens (including phenoxy) is 1. The van der Waals surface area contributed by atoms with Crippen LogP contribution in [-0.4, -0.2) is 50.5 Å². The Kier molecular flexibility index (Phi) is 7.32. The van der Waals surface area contributed by atoms with Gasteiger partial charge >= 0.3 is 12.3 Å². The maximum Gasteiger partial charge on any atom is 0.410 e. The minimum Gasteiger partial charge on any atom is -0.444 e. The monoisotopic (exact) mass is 508 g/mol. The number of halogens is 3. The van der Waals surface area contributed by atoms with Crippen molar-refractivity contribution < 1.29 is 22.7 Å². The van der Waals surface area contributed by atoms with Crippen LogP contribution in [0.15, 0.2) is 6.07 Å². The molecule has 9 heteroatoms. The Morgan fingerprint density at radius 1 is 1.08 bits per heavy atom. The first-order valence-electron chi connectivity index (χ1n) is 13.2. The number of likely N-dealkylation sites (tertiary alicyclic amines) is 1. The molecular formula is C27H39F3N4O2. The summed E-state index contributed by atoms with van der Waals surface area (Å²) in [4.78, 5) is 19.5. The number of aromatic nitrogens is 3. The molecule has 0 radical (unpaired) electrons. The molecule has 1 amide bonds. The number of amides is 1. The minimum atomic E-state index is -4.12. The first-order chi connectivity index (χ1) is 16.7. The number of carbonyl (C=O) groups is 1. The van der Waals surface area contributed by atoms with Crippen LogP contribution in [0.2, 0.25) is 0 Å². The number of fused-ring (bicyclic) bond motifs is 1. The Labute approximate surface area is 211 Å². The number of hydrogen-bond acceptors (Lipinski definition) is 4. The summed E-state index contributed by atoms with van der Waals surface area (Å²) in [6.45, 7) is 13.1. The highest BCUT2D eigenvalue weighted by Crippen LogP contribution is 2.43. The van der Waals surface area contributed by atoms with Crippen molar-refractivity contribution in [3.63, 3.8) is 0 Å². The lowest BCUT2D eigenvalue weighted by molar-refractivity contribution is -0.182. The van der Waals surface area contributed by atoms with Gasteiger partial charge in [0, 0.05) is 36.7 Å². The van der Waals surface area contributed by atoms with E-state index < -0.39 is 17.7 Å². The summed E-state index contributed by atoms with van der Waals surface area (Å²) in [5.41, 5.74) is 4.13. The molecule has 6 nitrogen and oxygen atoms in total. The number of alkyl halides is 3. The maximum atomic E-state index is 13.2. The van der Waals surface area contributed by atoms with Crippen molar-refractivity contribution >= 4 is 11.7 Å². The molecule has 0 aromatic carbocycles. The molecule has 2 aliphatic rings. The summed E-state index contributed by atoms with van der Waals surface area (Å²) in [6.07, 6.45) is -1.39. The second kappa shape index (κ2) is 9.86. The molecule has 2 aromatic heterocycles. The molecule has 36 heavy (non-hydrogen) atoms. The number of hydrogen-bond donors (Lipinski definition) is 0. The summed E-state index contributed by atoms with van der Waals surface area (Å²) in [5.74, 6) is -0.925. The Bertz CT molecular complexity index is 1100. The Morgan fingerprint density at radius 3 is 2.33 bits per heavy atom. The third-order valence-corrected chi connectivity index (χ3v) is 7.53. The number of aryl methyl sites for hydroxylation is 1. The van der Waals surface area contributed by atoms with Gasteiger partial charge in [0.1, 0.15) is 5.60 Å². The van der Waals surface area contributed by atoms with Gasteiger partial charge in [-0.1, -0.05) is 13.8 Å². The molecule has 1 atom stereocenters. The van der Waals surface area contributed by atoms with Gasteiger partial charge in [-0.3, -0.25) is 0 Å².